The van der Waals surface area contributed by atoms with Gasteiger partial charge in [0.1, 0.15) is 0 Å². The van der Waals surface area contributed by atoms with Crippen LogP contribution >= 0.6 is 7.29 Å². The first-order chi connectivity index (χ1) is 13.7. The summed E-state index contributed by atoms with van der Waals surface area (Å²) in [6.07, 6.45) is 5.74. The Morgan fingerprint density at radius 3 is 1.82 bits per heavy atom. The van der Waals surface area contributed by atoms with Gasteiger partial charge in [0.15, 0.2) is 0 Å². The summed E-state index contributed by atoms with van der Waals surface area (Å²) in [7, 11) is -2.94. The third-order valence-electron chi connectivity index (χ3n) is 4.89. The summed E-state index contributed by atoms with van der Waals surface area (Å²) in [6, 6.07) is 30.1. The third kappa shape index (κ3) is 5.32. The Morgan fingerprint density at radius 1 is 0.821 bits per heavy atom. The van der Waals surface area contributed by atoms with Crippen molar-refractivity contribution in [2.75, 3.05) is 0 Å². The molecule has 3 rings (SSSR count). The summed E-state index contributed by atoms with van der Waals surface area (Å²) >= 11 is 0. The molecule has 0 bridgehead atoms. The highest BCUT2D eigenvalue weighted by atomic mass is 31.2. The summed E-state index contributed by atoms with van der Waals surface area (Å²) in [5, 5.41) is 5.29. The van der Waals surface area contributed by atoms with Gasteiger partial charge >= 0.3 is 0 Å². The SMILES string of the molecule is C=CCCC[C@@H](Cc1ccccc1)NP(=O)(c1ccccc1)c1ccccc1. The lowest BCUT2D eigenvalue weighted by atomic mass is 10.0. The maximum atomic E-state index is 14.3. The molecule has 0 aliphatic carbocycles. The van der Waals surface area contributed by atoms with Crippen molar-refractivity contribution >= 4 is 17.9 Å². The van der Waals surface area contributed by atoms with Crippen LogP contribution in [0.1, 0.15) is 24.8 Å². The molecule has 0 fully saturated rings. The zero-order chi connectivity index (χ0) is 19.7. The van der Waals surface area contributed by atoms with Crippen LogP contribution in [0.2, 0.25) is 0 Å². The van der Waals surface area contributed by atoms with E-state index in [4.69, 9.17) is 0 Å². The molecule has 0 radical (unpaired) electrons. The number of unbranched alkanes of at least 4 members (excludes halogenated alkanes) is 1. The molecule has 0 aliphatic heterocycles. The fourth-order valence-corrected chi connectivity index (χ4v) is 5.97. The van der Waals surface area contributed by atoms with Crippen LogP contribution in [0.3, 0.4) is 0 Å². The topological polar surface area (TPSA) is 29.1 Å². The molecule has 2 nitrogen and oxygen atoms in total. The summed E-state index contributed by atoms with van der Waals surface area (Å²) < 4.78 is 14.3. The second-order valence-electron chi connectivity index (χ2n) is 7.02. The molecule has 0 saturated carbocycles. The van der Waals surface area contributed by atoms with Gasteiger partial charge in [-0.2, -0.15) is 0 Å². The smallest absolute Gasteiger partial charge is 0.204 e. The molecule has 0 saturated heterocycles. The lowest BCUT2D eigenvalue weighted by Crippen LogP contribution is -2.36. The first-order valence-corrected chi connectivity index (χ1v) is 11.6. The average Bonchev–Trinajstić information content (AvgIpc) is 2.76. The molecule has 3 aromatic rings. The van der Waals surface area contributed by atoms with E-state index in [2.05, 4.69) is 35.9 Å². The van der Waals surface area contributed by atoms with Gasteiger partial charge in [-0.3, -0.25) is 9.65 Å². The van der Waals surface area contributed by atoms with Gasteiger partial charge in [-0.05, 0) is 55.5 Å². The molecule has 28 heavy (non-hydrogen) atoms. The van der Waals surface area contributed by atoms with Gasteiger partial charge < -0.3 is 0 Å². The molecule has 0 heterocycles. The van der Waals surface area contributed by atoms with Crippen LogP contribution in [0.4, 0.5) is 0 Å². The van der Waals surface area contributed by atoms with Gasteiger partial charge in [-0.15, -0.1) is 6.58 Å². The second-order valence-corrected chi connectivity index (χ2v) is 9.53. The maximum Gasteiger partial charge on any atom is 0.204 e. The van der Waals surface area contributed by atoms with E-state index >= 15 is 0 Å². The van der Waals surface area contributed by atoms with Crippen LogP contribution in [0.5, 0.6) is 0 Å². The van der Waals surface area contributed by atoms with E-state index in [0.717, 1.165) is 36.3 Å². The maximum absolute atomic E-state index is 14.3. The lowest BCUT2D eigenvalue weighted by molar-refractivity contribution is 0.520. The van der Waals surface area contributed by atoms with Crippen molar-refractivity contribution in [3.63, 3.8) is 0 Å². The van der Waals surface area contributed by atoms with Crippen molar-refractivity contribution in [1.29, 1.82) is 0 Å². The molecule has 0 unspecified atom stereocenters. The number of rotatable bonds is 10. The predicted molar refractivity (Wildman–Crippen MR) is 121 cm³/mol. The Hall–Kier alpha value is -2.41. The average molecular weight is 389 g/mol. The molecule has 0 spiro atoms. The monoisotopic (exact) mass is 389 g/mol. The molecular weight excluding hydrogens is 361 g/mol. The standard InChI is InChI=1S/C25H28NOP/c1-2-3-7-16-23(21-22-14-8-4-9-15-22)26-28(27,24-17-10-5-11-18-24)25-19-12-6-13-20-25/h2,4-6,8-15,17-20,23H,1,3,7,16,21H2,(H,26,27)/t23-/m0/s1. The summed E-state index contributed by atoms with van der Waals surface area (Å²) in [6.45, 7) is 3.84. The highest BCUT2D eigenvalue weighted by Gasteiger charge is 2.29. The predicted octanol–water partition coefficient (Wildman–Crippen LogP) is 5.47. The molecular formula is C25H28NOP. The number of allylic oxidation sites excluding steroid dienone is 1. The normalized spacial score (nSPS) is 12.4. The van der Waals surface area contributed by atoms with Crippen molar-refractivity contribution in [3.05, 3.63) is 109 Å². The Bertz CT molecular complexity index is 850. The van der Waals surface area contributed by atoms with Crippen LogP contribution < -0.4 is 15.7 Å². The Kier molecular flexibility index (Phi) is 7.42. The number of benzene rings is 3. The van der Waals surface area contributed by atoms with Gasteiger partial charge in [0.05, 0.1) is 0 Å². The number of nitrogens with one attached hydrogen (secondary N) is 1. The molecule has 1 N–H and O–H groups in total. The molecule has 0 aliphatic rings. The van der Waals surface area contributed by atoms with E-state index in [-0.39, 0.29) is 6.04 Å². The van der Waals surface area contributed by atoms with E-state index in [1.807, 2.05) is 72.8 Å². The van der Waals surface area contributed by atoms with E-state index in [9.17, 15) is 4.57 Å². The first-order valence-electron chi connectivity index (χ1n) is 9.86. The van der Waals surface area contributed by atoms with Gasteiger partial charge in [0.25, 0.3) is 0 Å². The zero-order valence-electron chi connectivity index (χ0n) is 16.2. The quantitative estimate of drug-likeness (QED) is 0.283. The van der Waals surface area contributed by atoms with E-state index in [1.54, 1.807) is 0 Å². The fourth-order valence-electron chi connectivity index (χ4n) is 3.45. The van der Waals surface area contributed by atoms with Crippen LogP contribution in [-0.4, -0.2) is 6.04 Å². The molecule has 0 aromatic heterocycles. The molecule has 144 valence electrons. The number of hydrogen-bond donors (Lipinski definition) is 1. The zero-order valence-corrected chi connectivity index (χ0v) is 17.1. The Labute approximate surface area is 168 Å². The fraction of sp³-hybridized carbons (Fsp3) is 0.200. The lowest BCUT2D eigenvalue weighted by Gasteiger charge is -2.27. The van der Waals surface area contributed by atoms with Crippen molar-refractivity contribution in [1.82, 2.24) is 5.09 Å². The van der Waals surface area contributed by atoms with Crippen LogP contribution in [0, 0.1) is 0 Å². The van der Waals surface area contributed by atoms with Gasteiger partial charge in [-0.1, -0.05) is 72.8 Å². The minimum absolute atomic E-state index is 0.119. The van der Waals surface area contributed by atoms with Crippen molar-refractivity contribution in [2.45, 2.75) is 31.7 Å². The van der Waals surface area contributed by atoms with Crippen LogP contribution in [0.25, 0.3) is 0 Å². The van der Waals surface area contributed by atoms with Crippen LogP contribution in [-0.2, 0) is 11.0 Å². The molecule has 3 aromatic carbocycles. The van der Waals surface area contributed by atoms with Crippen LogP contribution in [0.15, 0.2) is 104 Å². The minimum atomic E-state index is -2.94. The Balaban J connectivity index is 1.92. The highest BCUT2D eigenvalue weighted by molar-refractivity contribution is 7.76. The summed E-state index contributed by atoms with van der Waals surface area (Å²) in [5.74, 6) is 0. The highest BCUT2D eigenvalue weighted by Crippen LogP contribution is 2.40. The van der Waals surface area contributed by atoms with E-state index in [1.165, 1.54) is 5.56 Å². The van der Waals surface area contributed by atoms with E-state index < -0.39 is 7.29 Å². The van der Waals surface area contributed by atoms with E-state index in [0.29, 0.717) is 0 Å². The molecule has 1 atom stereocenters. The molecule has 3 heteroatoms. The largest absolute Gasteiger partial charge is 0.297 e. The van der Waals surface area contributed by atoms with Gasteiger partial charge in [0, 0.05) is 16.7 Å². The minimum Gasteiger partial charge on any atom is -0.297 e. The van der Waals surface area contributed by atoms with Crippen molar-refractivity contribution < 1.29 is 4.57 Å². The van der Waals surface area contributed by atoms with Gasteiger partial charge in [0.2, 0.25) is 7.29 Å². The second kappa shape index (κ2) is 10.2. The van der Waals surface area contributed by atoms with Gasteiger partial charge in [-0.25, -0.2) is 0 Å². The summed E-state index contributed by atoms with van der Waals surface area (Å²) in [4.78, 5) is 0. The molecule has 0 amide bonds. The third-order valence-corrected chi connectivity index (χ3v) is 7.67. The number of hydrogen-bond acceptors (Lipinski definition) is 1. The first kappa shape index (κ1) is 20.3. The summed E-state index contributed by atoms with van der Waals surface area (Å²) in [5.41, 5.74) is 1.26. The van der Waals surface area contributed by atoms with Crippen molar-refractivity contribution in [3.8, 4) is 0 Å². The van der Waals surface area contributed by atoms with Crippen molar-refractivity contribution in [2.24, 2.45) is 0 Å². The Morgan fingerprint density at radius 2 is 1.32 bits per heavy atom.